The van der Waals surface area contributed by atoms with Gasteiger partial charge in [-0.05, 0) is 43.4 Å². The fraction of sp³-hybridized carbons (Fsp3) is 0.542. The van der Waals surface area contributed by atoms with Crippen LogP contribution in [0.5, 0.6) is 0 Å². The van der Waals surface area contributed by atoms with E-state index in [-0.39, 0.29) is 17.1 Å². The van der Waals surface area contributed by atoms with E-state index in [2.05, 4.69) is 23.7 Å². The van der Waals surface area contributed by atoms with Crippen LogP contribution in [0.1, 0.15) is 33.1 Å². The lowest BCUT2D eigenvalue weighted by Crippen LogP contribution is -2.73. The number of anilines is 2. The van der Waals surface area contributed by atoms with Gasteiger partial charge in [-0.25, -0.2) is 22.2 Å². The van der Waals surface area contributed by atoms with Crippen LogP contribution in [0.2, 0.25) is 5.02 Å². The molecule has 12 heteroatoms. The summed E-state index contributed by atoms with van der Waals surface area (Å²) in [5, 5.41) is -0.506. The van der Waals surface area contributed by atoms with E-state index >= 15 is 8.78 Å². The highest BCUT2D eigenvalue weighted by Crippen LogP contribution is 2.45. The highest BCUT2D eigenvalue weighted by Gasteiger charge is 2.55. The fourth-order valence-electron chi connectivity index (χ4n) is 5.62. The van der Waals surface area contributed by atoms with E-state index in [1.807, 2.05) is 4.72 Å². The van der Waals surface area contributed by atoms with Gasteiger partial charge in [-0.15, -0.1) is 0 Å². The summed E-state index contributed by atoms with van der Waals surface area (Å²) in [6, 6.07) is 4.50. The molecule has 3 aliphatic rings. The maximum absolute atomic E-state index is 15.2. The first-order chi connectivity index (χ1) is 16.9. The van der Waals surface area contributed by atoms with E-state index in [0.717, 1.165) is 50.6 Å². The van der Waals surface area contributed by atoms with Gasteiger partial charge in [0.1, 0.15) is 22.3 Å². The molecule has 1 atom stereocenters. The van der Waals surface area contributed by atoms with Crippen LogP contribution in [0.15, 0.2) is 29.2 Å². The molecular formula is C24H28ClF3N4O3S. The number of hydrogen-bond acceptors (Lipinski definition) is 6. The quantitative estimate of drug-likeness (QED) is 0.444. The Kier molecular flexibility index (Phi) is 6.42. The van der Waals surface area contributed by atoms with Crippen molar-refractivity contribution >= 4 is 33.1 Å². The minimum atomic E-state index is -4.77. The molecule has 0 bridgehead atoms. The second-order valence-corrected chi connectivity index (χ2v) is 12.6. The highest BCUT2D eigenvalue weighted by atomic mass is 35.5. The molecule has 1 spiro atoms. The van der Waals surface area contributed by atoms with Gasteiger partial charge in [0.15, 0.2) is 10.7 Å². The molecule has 1 aromatic carbocycles. The summed E-state index contributed by atoms with van der Waals surface area (Å²) in [6.45, 7) is 7.84. The number of halogens is 4. The van der Waals surface area contributed by atoms with E-state index in [4.69, 9.17) is 16.3 Å². The average Bonchev–Trinajstić information content (AvgIpc) is 3.13. The Morgan fingerprint density at radius 3 is 2.61 bits per heavy atom. The minimum absolute atomic E-state index is 0.0646. The van der Waals surface area contributed by atoms with Crippen molar-refractivity contribution in [2.24, 2.45) is 5.41 Å². The van der Waals surface area contributed by atoms with Crippen LogP contribution < -0.4 is 9.62 Å². The van der Waals surface area contributed by atoms with Crippen molar-refractivity contribution in [3.05, 3.63) is 46.9 Å². The van der Waals surface area contributed by atoms with Crippen LogP contribution in [-0.2, 0) is 14.8 Å². The van der Waals surface area contributed by atoms with E-state index in [1.54, 1.807) is 4.90 Å². The molecule has 0 aliphatic carbocycles. The van der Waals surface area contributed by atoms with Crippen LogP contribution in [-0.4, -0.2) is 62.7 Å². The first-order valence-electron chi connectivity index (χ1n) is 11.9. The van der Waals surface area contributed by atoms with Gasteiger partial charge in [0.2, 0.25) is 5.95 Å². The number of hydrogen-bond donors (Lipinski definition) is 1. The summed E-state index contributed by atoms with van der Waals surface area (Å²) in [5.41, 5.74) is -0.173. The summed E-state index contributed by atoms with van der Waals surface area (Å²) in [5.74, 6) is -4.08. The maximum Gasteiger partial charge on any atom is 0.268 e. The number of sulfonamides is 1. The third-order valence-corrected chi connectivity index (χ3v) is 9.09. The molecule has 3 fully saturated rings. The third kappa shape index (κ3) is 4.55. The SMILES string of the molecule is CC1(C)CCN([C@@H]2CCCOC23CN(c2cc(F)c(S(=O)(=O)Nc4cccc(F)n4)c(F)c2Cl)C3)C1. The Balaban J connectivity index is 1.38. The van der Waals surface area contributed by atoms with Crippen molar-refractivity contribution in [1.29, 1.82) is 0 Å². The number of ether oxygens (including phenoxy) is 1. The van der Waals surface area contributed by atoms with Crippen molar-refractivity contribution < 1.29 is 26.3 Å². The van der Waals surface area contributed by atoms with Gasteiger partial charge < -0.3 is 9.64 Å². The van der Waals surface area contributed by atoms with Gasteiger partial charge in [0.05, 0.1) is 18.8 Å². The molecule has 1 aromatic heterocycles. The molecule has 3 saturated heterocycles. The van der Waals surface area contributed by atoms with Crippen LogP contribution >= 0.6 is 11.6 Å². The topological polar surface area (TPSA) is 74.8 Å². The second kappa shape index (κ2) is 9.04. The van der Waals surface area contributed by atoms with E-state index in [1.165, 1.54) is 6.07 Å². The summed E-state index contributed by atoms with van der Waals surface area (Å²) >= 11 is 6.24. The van der Waals surface area contributed by atoms with Crippen molar-refractivity contribution in [2.45, 2.75) is 49.6 Å². The molecule has 5 rings (SSSR count). The van der Waals surface area contributed by atoms with E-state index in [0.29, 0.717) is 19.7 Å². The largest absolute Gasteiger partial charge is 0.370 e. The number of benzene rings is 1. The van der Waals surface area contributed by atoms with E-state index < -0.39 is 48.9 Å². The lowest BCUT2D eigenvalue weighted by atomic mass is 9.80. The molecule has 0 unspecified atom stereocenters. The van der Waals surface area contributed by atoms with Crippen molar-refractivity contribution in [2.75, 3.05) is 42.4 Å². The average molecular weight is 545 g/mol. The first kappa shape index (κ1) is 25.6. The number of rotatable bonds is 5. The molecule has 0 radical (unpaired) electrons. The fourth-order valence-corrected chi connectivity index (χ4v) is 7.08. The van der Waals surface area contributed by atoms with Crippen molar-refractivity contribution in [1.82, 2.24) is 9.88 Å². The summed E-state index contributed by atoms with van der Waals surface area (Å²) < 4.78 is 77.1. The Bertz CT molecular complexity index is 1290. The minimum Gasteiger partial charge on any atom is -0.370 e. The van der Waals surface area contributed by atoms with Crippen LogP contribution in [0.4, 0.5) is 24.7 Å². The Labute approximate surface area is 213 Å². The highest BCUT2D eigenvalue weighted by molar-refractivity contribution is 7.92. The predicted molar refractivity (Wildman–Crippen MR) is 130 cm³/mol. The van der Waals surface area contributed by atoms with Crippen LogP contribution in [0, 0.1) is 23.0 Å². The van der Waals surface area contributed by atoms with Gasteiger partial charge in [0, 0.05) is 25.3 Å². The first-order valence-corrected chi connectivity index (χ1v) is 13.7. The molecule has 2 aromatic rings. The molecule has 7 nitrogen and oxygen atoms in total. The number of aromatic nitrogens is 1. The van der Waals surface area contributed by atoms with Gasteiger partial charge >= 0.3 is 0 Å². The lowest BCUT2D eigenvalue weighted by molar-refractivity contribution is -0.144. The van der Waals surface area contributed by atoms with Crippen LogP contribution in [0.3, 0.4) is 0 Å². The lowest BCUT2D eigenvalue weighted by Gasteiger charge is -2.58. The predicted octanol–water partition coefficient (Wildman–Crippen LogP) is 4.42. The van der Waals surface area contributed by atoms with Crippen LogP contribution in [0.25, 0.3) is 0 Å². The second-order valence-electron chi connectivity index (χ2n) is 10.6. The van der Waals surface area contributed by atoms with Gasteiger partial charge in [0.25, 0.3) is 10.0 Å². The summed E-state index contributed by atoms with van der Waals surface area (Å²) in [7, 11) is -4.77. The summed E-state index contributed by atoms with van der Waals surface area (Å²) in [6.07, 6.45) is 3.03. The van der Waals surface area contributed by atoms with E-state index in [9.17, 15) is 12.8 Å². The molecule has 3 aliphatic heterocycles. The number of nitrogens with one attached hydrogen (secondary N) is 1. The van der Waals surface area contributed by atoms with Crippen molar-refractivity contribution in [3.63, 3.8) is 0 Å². The standard InChI is InChI=1S/C24H28ClF3N4O3S/c1-23(2)8-9-31(12-23)17-5-4-10-35-24(17)13-32(14-24)16-11-15(26)22(21(28)20(16)25)36(33,34)30-19-7-3-6-18(27)29-19/h3,6-7,11,17H,4-5,8-10,12-14H2,1-2H3,(H,29,30)/t17-/m1/s1. The van der Waals surface area contributed by atoms with Crippen molar-refractivity contribution in [3.8, 4) is 0 Å². The number of pyridine rings is 1. The molecule has 4 heterocycles. The van der Waals surface area contributed by atoms with Gasteiger partial charge in [-0.2, -0.15) is 4.39 Å². The Morgan fingerprint density at radius 2 is 1.94 bits per heavy atom. The number of likely N-dealkylation sites (tertiary alicyclic amines) is 1. The molecule has 36 heavy (non-hydrogen) atoms. The van der Waals surface area contributed by atoms with Gasteiger partial charge in [-0.3, -0.25) is 9.62 Å². The zero-order valence-electron chi connectivity index (χ0n) is 20.0. The monoisotopic (exact) mass is 544 g/mol. The Hall–Kier alpha value is -2.08. The maximum atomic E-state index is 15.2. The zero-order valence-corrected chi connectivity index (χ0v) is 21.6. The van der Waals surface area contributed by atoms with Gasteiger partial charge in [-0.1, -0.05) is 31.5 Å². The number of nitrogens with zero attached hydrogens (tertiary/aromatic N) is 3. The molecular weight excluding hydrogens is 517 g/mol. The zero-order chi connectivity index (χ0) is 25.9. The Morgan fingerprint density at radius 1 is 1.19 bits per heavy atom. The molecule has 1 N–H and O–H groups in total. The molecule has 0 saturated carbocycles. The molecule has 196 valence electrons. The smallest absolute Gasteiger partial charge is 0.268 e. The normalized spacial score (nSPS) is 23.6. The third-order valence-electron chi connectivity index (χ3n) is 7.34. The molecule has 0 amide bonds. The summed E-state index contributed by atoms with van der Waals surface area (Å²) in [4.78, 5) is 6.30.